The van der Waals surface area contributed by atoms with E-state index in [-0.39, 0.29) is 23.0 Å². The van der Waals surface area contributed by atoms with Crippen molar-refractivity contribution in [3.05, 3.63) is 23.3 Å². The van der Waals surface area contributed by atoms with Crippen molar-refractivity contribution in [3.63, 3.8) is 0 Å². The highest BCUT2D eigenvalue weighted by atomic mass is 16.5. The second-order valence-corrected chi connectivity index (χ2v) is 5.77. The first-order valence-electron chi connectivity index (χ1n) is 6.63. The highest BCUT2D eigenvalue weighted by molar-refractivity contribution is 6.04. The maximum absolute atomic E-state index is 12.3. The number of Topliss-reactive ketones (excluding diaryl/α,β-unsaturated/α-hetero) is 1. The molecule has 108 valence electrons. The van der Waals surface area contributed by atoms with Crippen molar-refractivity contribution in [2.45, 2.75) is 33.3 Å². The molecule has 0 radical (unpaired) electrons. The van der Waals surface area contributed by atoms with E-state index in [1.54, 1.807) is 13.8 Å². The van der Waals surface area contributed by atoms with Gasteiger partial charge in [0.1, 0.15) is 28.4 Å². The number of hydrogen-bond acceptors (Lipinski definition) is 4. The van der Waals surface area contributed by atoms with Crippen LogP contribution in [0.15, 0.2) is 12.1 Å². The van der Waals surface area contributed by atoms with Crippen LogP contribution in [0, 0.1) is 5.92 Å². The van der Waals surface area contributed by atoms with Crippen LogP contribution in [0.3, 0.4) is 0 Å². The predicted molar refractivity (Wildman–Crippen MR) is 77.6 cm³/mol. The third kappa shape index (κ3) is 2.38. The molecule has 1 aromatic carbocycles. The lowest BCUT2D eigenvalue weighted by atomic mass is 9.93. The van der Waals surface area contributed by atoms with E-state index in [1.165, 1.54) is 13.2 Å². The number of ketones is 1. The summed E-state index contributed by atoms with van der Waals surface area (Å²) in [4.78, 5) is 12.3. The van der Waals surface area contributed by atoms with Crippen LogP contribution in [0.1, 0.15) is 43.6 Å². The zero-order valence-corrected chi connectivity index (χ0v) is 12.5. The Morgan fingerprint density at radius 2 is 2.05 bits per heavy atom. The number of carbonyl (C=O) groups is 1. The quantitative estimate of drug-likeness (QED) is 0.859. The molecular formula is C16H20O4. The van der Waals surface area contributed by atoms with Gasteiger partial charge in [0, 0.05) is 12.0 Å². The molecule has 0 amide bonds. The van der Waals surface area contributed by atoms with E-state index in [2.05, 4.69) is 0 Å². The maximum Gasteiger partial charge on any atom is 0.172 e. The lowest BCUT2D eigenvalue weighted by Crippen LogP contribution is -2.29. The number of aromatic hydroxyl groups is 1. The minimum atomic E-state index is -0.530. The van der Waals surface area contributed by atoms with Crippen LogP contribution < -0.4 is 9.47 Å². The normalized spacial score (nSPS) is 15.7. The molecule has 1 N–H and O–H groups in total. The second kappa shape index (κ2) is 4.85. The summed E-state index contributed by atoms with van der Waals surface area (Å²) in [6.45, 7) is 7.38. The molecular weight excluding hydrogens is 256 g/mol. The second-order valence-electron chi connectivity index (χ2n) is 5.77. The molecule has 0 bridgehead atoms. The number of fused-ring (bicyclic) bond motifs is 1. The van der Waals surface area contributed by atoms with Crippen molar-refractivity contribution >= 4 is 11.9 Å². The van der Waals surface area contributed by atoms with Gasteiger partial charge in [-0.05, 0) is 26.0 Å². The fourth-order valence-electron chi connectivity index (χ4n) is 2.18. The number of ether oxygens (including phenoxy) is 2. The van der Waals surface area contributed by atoms with Crippen molar-refractivity contribution in [1.82, 2.24) is 0 Å². The summed E-state index contributed by atoms with van der Waals surface area (Å²) in [6.07, 6.45) is 3.77. The third-order valence-electron chi connectivity index (χ3n) is 3.27. The molecule has 0 saturated heterocycles. The Morgan fingerprint density at radius 1 is 1.40 bits per heavy atom. The summed E-state index contributed by atoms with van der Waals surface area (Å²) in [6, 6.07) is 1.46. The monoisotopic (exact) mass is 276 g/mol. The van der Waals surface area contributed by atoms with E-state index in [0.717, 1.165) is 0 Å². The van der Waals surface area contributed by atoms with Crippen LogP contribution in [0.5, 0.6) is 17.2 Å². The van der Waals surface area contributed by atoms with Gasteiger partial charge in [-0.2, -0.15) is 0 Å². The lowest BCUT2D eigenvalue weighted by Gasteiger charge is -2.30. The number of carbonyl (C=O) groups excluding carboxylic acids is 1. The summed E-state index contributed by atoms with van der Waals surface area (Å²) in [5, 5.41) is 10.2. The smallest absolute Gasteiger partial charge is 0.172 e. The third-order valence-corrected chi connectivity index (χ3v) is 3.27. The Morgan fingerprint density at radius 3 is 2.60 bits per heavy atom. The molecule has 0 aliphatic carbocycles. The average molecular weight is 276 g/mol. The first-order chi connectivity index (χ1) is 9.26. The summed E-state index contributed by atoms with van der Waals surface area (Å²) in [5.41, 5.74) is 0.388. The molecule has 0 saturated carbocycles. The highest BCUT2D eigenvalue weighted by Gasteiger charge is 2.31. The van der Waals surface area contributed by atoms with Gasteiger partial charge in [0.15, 0.2) is 5.78 Å². The van der Waals surface area contributed by atoms with Gasteiger partial charge in [-0.15, -0.1) is 0 Å². The molecule has 1 heterocycles. The van der Waals surface area contributed by atoms with Crippen LogP contribution in [0.4, 0.5) is 0 Å². The van der Waals surface area contributed by atoms with Crippen LogP contribution in [0.25, 0.3) is 6.08 Å². The first kappa shape index (κ1) is 14.4. The summed E-state index contributed by atoms with van der Waals surface area (Å²) in [5.74, 6) is 0.409. The van der Waals surface area contributed by atoms with Crippen LogP contribution in [0.2, 0.25) is 0 Å². The molecule has 1 aliphatic rings. The van der Waals surface area contributed by atoms with Crippen LogP contribution in [-0.4, -0.2) is 23.6 Å². The molecule has 4 heteroatoms. The van der Waals surface area contributed by atoms with Gasteiger partial charge in [-0.25, -0.2) is 0 Å². The molecule has 4 nitrogen and oxygen atoms in total. The SMILES string of the molecule is COc1cc(O)c(C(=O)C(C)C)c2c1C=CC(C)(C)O2. The number of benzene rings is 1. The van der Waals surface area contributed by atoms with E-state index >= 15 is 0 Å². The molecule has 1 aliphatic heterocycles. The van der Waals surface area contributed by atoms with E-state index < -0.39 is 5.60 Å². The molecule has 0 fully saturated rings. The molecule has 0 atom stereocenters. The van der Waals surface area contributed by atoms with E-state index in [4.69, 9.17) is 9.47 Å². The maximum atomic E-state index is 12.3. The van der Waals surface area contributed by atoms with E-state index in [0.29, 0.717) is 17.1 Å². The molecule has 1 aromatic rings. The largest absolute Gasteiger partial charge is 0.507 e. The van der Waals surface area contributed by atoms with Gasteiger partial charge in [-0.1, -0.05) is 13.8 Å². The minimum absolute atomic E-state index is 0.106. The zero-order valence-electron chi connectivity index (χ0n) is 12.5. The number of methoxy groups -OCH3 is 1. The predicted octanol–water partition coefficient (Wildman–Crippen LogP) is 3.42. The summed E-state index contributed by atoms with van der Waals surface area (Å²) < 4.78 is 11.2. The van der Waals surface area contributed by atoms with Gasteiger partial charge in [0.25, 0.3) is 0 Å². The Balaban J connectivity index is 2.72. The van der Waals surface area contributed by atoms with Crippen molar-refractivity contribution in [3.8, 4) is 17.2 Å². The Labute approximate surface area is 119 Å². The Bertz CT molecular complexity index is 583. The number of hydrogen-bond donors (Lipinski definition) is 1. The number of rotatable bonds is 3. The average Bonchev–Trinajstić information content (AvgIpc) is 2.35. The van der Waals surface area contributed by atoms with E-state index in [1.807, 2.05) is 26.0 Å². The Hall–Kier alpha value is -1.97. The first-order valence-corrected chi connectivity index (χ1v) is 6.63. The topological polar surface area (TPSA) is 55.8 Å². The standard InChI is InChI=1S/C16H20O4/c1-9(2)14(18)13-11(17)8-12(19-5)10-6-7-16(3,4)20-15(10)13/h6-9,17H,1-5H3. The van der Waals surface area contributed by atoms with Gasteiger partial charge in [0.2, 0.25) is 0 Å². The molecule has 2 rings (SSSR count). The van der Waals surface area contributed by atoms with E-state index in [9.17, 15) is 9.90 Å². The minimum Gasteiger partial charge on any atom is -0.507 e. The number of phenolic OH excluding ortho intramolecular Hbond substituents is 1. The number of phenols is 1. The zero-order chi connectivity index (χ0) is 15.1. The molecule has 0 spiro atoms. The molecule has 20 heavy (non-hydrogen) atoms. The fraction of sp³-hybridized carbons (Fsp3) is 0.438. The lowest BCUT2D eigenvalue weighted by molar-refractivity contribution is 0.0922. The van der Waals surface area contributed by atoms with Crippen LogP contribution >= 0.6 is 0 Å². The van der Waals surface area contributed by atoms with Crippen molar-refractivity contribution in [2.75, 3.05) is 7.11 Å². The van der Waals surface area contributed by atoms with Crippen molar-refractivity contribution in [1.29, 1.82) is 0 Å². The molecule has 0 aromatic heterocycles. The van der Waals surface area contributed by atoms with Gasteiger partial charge in [0.05, 0.1) is 12.7 Å². The van der Waals surface area contributed by atoms with Crippen LogP contribution in [-0.2, 0) is 0 Å². The van der Waals surface area contributed by atoms with Gasteiger partial charge < -0.3 is 14.6 Å². The fourth-order valence-corrected chi connectivity index (χ4v) is 2.18. The van der Waals surface area contributed by atoms with Crippen molar-refractivity contribution < 1.29 is 19.4 Å². The summed E-state index contributed by atoms with van der Waals surface area (Å²) >= 11 is 0. The van der Waals surface area contributed by atoms with Gasteiger partial charge in [-0.3, -0.25) is 4.79 Å². The Kier molecular flexibility index (Phi) is 3.50. The summed E-state index contributed by atoms with van der Waals surface area (Å²) in [7, 11) is 1.52. The molecule has 0 unspecified atom stereocenters. The van der Waals surface area contributed by atoms with Crippen molar-refractivity contribution in [2.24, 2.45) is 5.92 Å². The van der Waals surface area contributed by atoms with Gasteiger partial charge >= 0.3 is 0 Å². The highest BCUT2D eigenvalue weighted by Crippen LogP contribution is 2.44.